The van der Waals surface area contributed by atoms with E-state index in [4.69, 9.17) is 33.8 Å². The van der Waals surface area contributed by atoms with Gasteiger partial charge in [-0.05, 0) is 80.5 Å². The summed E-state index contributed by atoms with van der Waals surface area (Å²) in [7, 11) is 0. The van der Waals surface area contributed by atoms with Gasteiger partial charge in [-0.2, -0.15) is 25.3 Å². The van der Waals surface area contributed by atoms with Gasteiger partial charge in [-0.15, -0.1) is 0 Å². The van der Waals surface area contributed by atoms with E-state index in [1.807, 2.05) is 0 Å². The molecule has 0 radical (unpaired) electrons. The topological polar surface area (TPSA) is 913 Å². The molecule has 2 rings (SSSR count). The van der Waals surface area contributed by atoms with Crippen LogP contribution in [-0.4, -0.2) is 351 Å². The molecule has 137 heavy (non-hydrogen) atoms. The molecule has 0 aromatic heterocycles. The Morgan fingerprint density at radius 3 is 1.09 bits per heavy atom. The molecule has 0 aliphatic carbocycles. The zero-order valence-corrected chi connectivity index (χ0v) is 77.3. The second kappa shape index (κ2) is 62.6. The largest absolute Gasteiger partial charge is 0.508 e. The Morgan fingerprint density at radius 2 is 0.686 bits per heavy atom. The fraction of sp³-hybridized carbons (Fsp3) is 0.562. The van der Waals surface area contributed by atoms with Crippen molar-refractivity contribution in [2.75, 3.05) is 77.3 Å². The lowest BCUT2D eigenvalue weighted by Gasteiger charge is -2.27. The summed E-state index contributed by atoms with van der Waals surface area (Å²) in [5.74, 6) is -27.3. The first-order chi connectivity index (χ1) is 64.5. The van der Waals surface area contributed by atoms with Crippen molar-refractivity contribution in [2.24, 2.45) is 34.8 Å². The highest BCUT2D eigenvalue weighted by molar-refractivity contribution is 7.80. The van der Waals surface area contributed by atoms with E-state index in [0.29, 0.717) is 5.56 Å². The van der Waals surface area contributed by atoms with Crippen molar-refractivity contribution in [3.8, 4) is 5.75 Å². The van der Waals surface area contributed by atoms with Gasteiger partial charge in [-0.3, -0.25) is 107 Å². The van der Waals surface area contributed by atoms with E-state index in [9.17, 15) is 142 Å². The number of aliphatic hydroxyl groups excluding tert-OH is 5. The number of hydrogen-bond acceptors (Lipinski definition) is 32. The number of aromatic hydroxyl groups is 1. The van der Waals surface area contributed by atoms with Crippen LogP contribution in [0.3, 0.4) is 0 Å². The fourth-order valence-corrected chi connectivity index (χ4v) is 12.6. The third-order valence-corrected chi connectivity index (χ3v) is 20.3. The summed E-state index contributed by atoms with van der Waals surface area (Å²) < 4.78 is 0. The summed E-state index contributed by atoms with van der Waals surface area (Å²) in [6.07, 6.45) is -3.99. The standard InChI is InChI=1S/C80H126N26O29S2/c1-37(2)23-47(73(129)106-62(38(3)4)78(134)135)93-58(114)27-90-66(122)51(30-107)103-76(132)53(32-109)102-63(119)39(5)92-68(124)46(19-20-61(117)118)98-70(126)48(24-40-11-7-6-8-12-40)100-75(131)54(33-110)105-77(133)55(34-111)104-69(125)45(14-10-22-88-80(85)86)97-72(128)50(26-57(82)113)101-71(127)49(25-41-15-17-42(112)18-16-41)99-74(130)52(31-108)94-59(115)28-91-67(123)56(36-137)95-60(116)29-89-65(121)44(13-9-21-87-79(83)84)96-64(120)43(81)35-136/h6-8,11-12,15-18,37-39,43-56,62,107-112,136-137H,9-10,13-14,19-36,81H2,1-5H3,(H2,82,113)(H,89,121)(H,90,122)(H,91,123)(H,92,124)(H,93,114)(H,94,115)(H,95,116)(H,96,120)(H,97,128)(H,98,126)(H,99,130)(H,100,131)(H,101,127)(H,102,119)(H,103,132)(H,104,125)(H,105,133)(H,106,129)(H,117,118)(H,134,135)(H4,83,84,87)(H4,85,86,88)/t39-,43-,44-,45-,46-,47-,48-,49-,50-,51-,52-,53-,54-,55-,56-,62-/m0/s1. The summed E-state index contributed by atoms with van der Waals surface area (Å²) in [5.41, 5.74) is 22.5. The molecule has 0 saturated carbocycles. The Balaban J connectivity index is 2.38. The molecule has 16 atom stereocenters. The SMILES string of the molecule is CC(C)C[C@H](NC(=O)CNC(=O)[C@H](CO)NC(=O)[C@H](CO)NC(=O)[C@H](C)NC(=O)[C@H](CCC(=O)O)NC(=O)[C@H](Cc1ccccc1)NC(=O)[C@H](CO)NC(=O)[C@H](CO)NC(=O)[C@H](CCCNC(=N)N)NC(=O)[C@H](CC(N)=O)NC(=O)[C@H](Cc1ccc(O)cc1)NC(=O)[C@H](CO)NC(=O)CNC(=O)[C@H](CS)NC(=O)CNC(=O)[C@H](CCCNC(=N)N)NC(=O)[C@@H](N)CS)C(=O)N[C@H](C(=O)O)C(C)C. The smallest absolute Gasteiger partial charge is 0.326 e. The number of aliphatic carboxylic acids is 2. The average Bonchev–Trinajstić information content (AvgIpc) is 0.849. The number of carbonyl (C=O) groups excluding carboxylic acids is 19. The number of hydrogen-bond donors (Lipinski definition) is 36. The maximum absolute atomic E-state index is 14.4. The van der Waals surface area contributed by atoms with Gasteiger partial charge in [-0.25, -0.2) is 4.79 Å². The van der Waals surface area contributed by atoms with Gasteiger partial charge in [-0.1, -0.05) is 70.2 Å². The van der Waals surface area contributed by atoms with Crippen LogP contribution in [-0.2, 0) is 114 Å². The van der Waals surface area contributed by atoms with Gasteiger partial charge >= 0.3 is 11.9 Å². The highest BCUT2D eigenvalue weighted by Gasteiger charge is 2.39. The van der Waals surface area contributed by atoms with E-state index in [2.05, 4.69) is 132 Å². The molecule has 2 aromatic rings. The van der Waals surface area contributed by atoms with Crippen LogP contribution in [0, 0.1) is 22.7 Å². The zero-order chi connectivity index (χ0) is 103. The normalized spacial score (nSPS) is 14.4. The van der Waals surface area contributed by atoms with Gasteiger partial charge in [0.05, 0.1) is 65.1 Å². The third-order valence-electron chi connectivity index (χ3n) is 19.6. The second-order valence-corrected chi connectivity index (χ2v) is 32.3. The van der Waals surface area contributed by atoms with Crippen molar-refractivity contribution < 1.29 is 142 Å². The molecule has 0 aliphatic rings. The highest BCUT2D eigenvalue weighted by atomic mass is 32.1. The first kappa shape index (κ1) is 119. The van der Waals surface area contributed by atoms with Gasteiger partial charge in [0.25, 0.3) is 0 Å². The highest BCUT2D eigenvalue weighted by Crippen LogP contribution is 2.15. The molecule has 762 valence electrons. The van der Waals surface area contributed by atoms with Crippen molar-refractivity contribution in [3.63, 3.8) is 0 Å². The predicted octanol–water partition coefficient (Wildman–Crippen LogP) is -15.0. The van der Waals surface area contributed by atoms with Crippen LogP contribution in [0.1, 0.15) is 97.1 Å². The number of benzene rings is 2. The number of carbonyl (C=O) groups is 21. The van der Waals surface area contributed by atoms with Crippen LogP contribution in [0.2, 0.25) is 0 Å². The predicted molar refractivity (Wildman–Crippen MR) is 488 cm³/mol. The Labute approximate surface area is 795 Å². The molecule has 55 nitrogen and oxygen atoms in total. The number of aliphatic hydroxyl groups is 5. The number of guanidine groups is 2. The average molecular weight is 1980 g/mol. The molecule has 0 heterocycles. The lowest BCUT2D eigenvalue weighted by Crippen LogP contribution is -2.62. The van der Waals surface area contributed by atoms with Crippen LogP contribution in [0.5, 0.6) is 5.75 Å². The van der Waals surface area contributed by atoms with E-state index in [-0.39, 0.29) is 67.7 Å². The number of amides is 19. The quantitative estimate of drug-likeness (QED) is 0.0127. The monoisotopic (exact) mass is 1980 g/mol. The van der Waals surface area contributed by atoms with E-state index in [1.54, 1.807) is 33.8 Å². The number of carboxylic acid groups (broad SMARTS) is 2. The van der Waals surface area contributed by atoms with E-state index in [0.717, 1.165) is 6.92 Å². The van der Waals surface area contributed by atoms with Crippen molar-refractivity contribution in [3.05, 3.63) is 65.7 Å². The zero-order valence-electron chi connectivity index (χ0n) is 75.5. The van der Waals surface area contributed by atoms with Gasteiger partial charge in [0.2, 0.25) is 112 Å². The lowest BCUT2D eigenvalue weighted by molar-refractivity contribution is -0.143. The number of nitrogens with one attached hydrogen (secondary N) is 22. The maximum atomic E-state index is 14.4. The van der Waals surface area contributed by atoms with Crippen LogP contribution in [0.4, 0.5) is 0 Å². The van der Waals surface area contributed by atoms with Gasteiger partial charge < -0.3 is 170 Å². The molecular weight excluding hydrogens is 1850 g/mol. The van der Waals surface area contributed by atoms with Crippen molar-refractivity contribution in [1.82, 2.24) is 106 Å². The number of carboxylic acids is 2. The summed E-state index contributed by atoms with van der Waals surface area (Å²) in [6.45, 7) is -1.13. The van der Waals surface area contributed by atoms with Gasteiger partial charge in [0, 0.05) is 43.9 Å². The van der Waals surface area contributed by atoms with E-state index in [1.165, 1.54) is 48.5 Å². The maximum Gasteiger partial charge on any atom is 0.326 e. The molecule has 0 aliphatic heterocycles. The number of primary amides is 1. The Morgan fingerprint density at radius 1 is 0.358 bits per heavy atom. The second-order valence-electron chi connectivity index (χ2n) is 31.6. The van der Waals surface area contributed by atoms with Gasteiger partial charge in [0.1, 0.15) is 96.4 Å². The molecule has 0 bridgehead atoms. The molecule has 2 aromatic carbocycles. The van der Waals surface area contributed by atoms with Crippen LogP contribution < -0.4 is 129 Å². The Hall–Kier alpha value is -13.9. The van der Waals surface area contributed by atoms with Crippen LogP contribution >= 0.6 is 25.3 Å². The summed E-state index contributed by atoms with van der Waals surface area (Å²) >= 11 is 8.05. The van der Waals surface area contributed by atoms with Crippen molar-refractivity contribution in [2.45, 2.75) is 195 Å². The van der Waals surface area contributed by atoms with Gasteiger partial charge in [0.15, 0.2) is 11.9 Å². The molecular formula is C80H126N26O29S2. The molecule has 38 N–H and O–H groups in total. The first-order valence-electron chi connectivity index (χ1n) is 42.6. The van der Waals surface area contributed by atoms with Crippen LogP contribution in [0.25, 0.3) is 0 Å². The third kappa shape index (κ3) is 45.8. The minimum absolute atomic E-state index is 0.00896. The first-order valence-corrected chi connectivity index (χ1v) is 43.9. The molecule has 0 saturated heterocycles. The summed E-state index contributed by atoms with van der Waals surface area (Å²) in [6, 6.07) is -15.0. The van der Waals surface area contributed by atoms with Crippen LogP contribution in [0.15, 0.2) is 54.6 Å². The van der Waals surface area contributed by atoms with E-state index < -0.39 is 330 Å². The number of phenolic OH excluding ortho intramolecular Hbond substituents is 1. The number of phenols is 1. The molecule has 0 spiro atoms. The van der Waals surface area contributed by atoms with Crippen molar-refractivity contribution >= 4 is 161 Å². The van der Waals surface area contributed by atoms with Crippen molar-refractivity contribution in [1.29, 1.82) is 10.8 Å². The number of nitrogens with two attached hydrogens (primary N) is 4. The summed E-state index contributed by atoms with van der Waals surface area (Å²) in [4.78, 5) is 281. The number of thiol groups is 2. The molecule has 0 fully saturated rings. The number of rotatable bonds is 64. The summed E-state index contributed by atoms with van der Waals surface area (Å²) in [5, 5.41) is 141. The lowest BCUT2D eigenvalue weighted by atomic mass is 10.0. The molecule has 19 amide bonds. The minimum Gasteiger partial charge on any atom is -0.508 e. The fourth-order valence-electron chi connectivity index (χ4n) is 12.1. The Kier molecular flexibility index (Phi) is 54.5. The molecule has 0 unspecified atom stereocenters. The van der Waals surface area contributed by atoms with E-state index >= 15 is 0 Å². The Bertz CT molecular complexity index is 4490. The molecule has 57 heteroatoms. The minimum atomic E-state index is -2.12.